The number of ether oxygens (including phenoxy) is 3. The molecule has 0 aliphatic carbocycles. The molecule has 0 saturated carbocycles. The van der Waals surface area contributed by atoms with Gasteiger partial charge in [-0.15, -0.1) is 0 Å². The van der Waals surface area contributed by atoms with E-state index in [2.05, 4.69) is 10.1 Å². The minimum absolute atomic E-state index is 0.162. The van der Waals surface area contributed by atoms with Crippen LogP contribution < -0.4 is 14.8 Å². The Kier molecular flexibility index (Phi) is 7.19. The topological polar surface area (TPSA) is 77.1 Å². The summed E-state index contributed by atoms with van der Waals surface area (Å²) in [5.74, 6) is 0.731. The Morgan fingerprint density at radius 2 is 1.70 bits per heavy atom. The molecule has 0 spiro atoms. The smallest absolute Gasteiger partial charge is 0.337 e. The Labute approximate surface area is 158 Å². The van der Waals surface area contributed by atoms with E-state index in [-0.39, 0.29) is 12.5 Å². The molecule has 0 saturated heterocycles. The second-order valence-electron chi connectivity index (χ2n) is 5.94. The number of rotatable bonds is 8. The Bertz CT molecular complexity index is 789. The van der Waals surface area contributed by atoms with E-state index in [1.54, 1.807) is 38.5 Å². The number of carbonyl (C=O) groups excluding carboxylic acids is 2. The molecular weight excluding hydrogens is 348 g/mol. The molecule has 0 bridgehead atoms. The third-order valence-electron chi connectivity index (χ3n) is 3.93. The van der Waals surface area contributed by atoms with Gasteiger partial charge in [-0.2, -0.15) is 0 Å². The third kappa shape index (κ3) is 5.46. The number of para-hydroxylation sites is 1. The molecule has 0 radical (unpaired) electrons. The van der Waals surface area contributed by atoms with E-state index < -0.39 is 5.97 Å². The molecule has 7 heteroatoms. The molecule has 2 aromatic carbocycles. The summed E-state index contributed by atoms with van der Waals surface area (Å²) in [5, 5.41) is 2.81. The lowest BCUT2D eigenvalue weighted by atomic mass is 10.1. The van der Waals surface area contributed by atoms with Gasteiger partial charge >= 0.3 is 5.97 Å². The molecule has 144 valence electrons. The van der Waals surface area contributed by atoms with Crippen LogP contribution >= 0.6 is 0 Å². The number of amides is 1. The van der Waals surface area contributed by atoms with Crippen molar-refractivity contribution in [2.75, 3.05) is 40.2 Å². The van der Waals surface area contributed by atoms with Crippen LogP contribution in [0.2, 0.25) is 0 Å². The highest BCUT2D eigenvalue weighted by Gasteiger charge is 2.14. The van der Waals surface area contributed by atoms with Crippen LogP contribution in [0.4, 0.5) is 5.69 Å². The Morgan fingerprint density at radius 3 is 2.30 bits per heavy atom. The zero-order chi connectivity index (χ0) is 19.8. The number of hydrogen-bond acceptors (Lipinski definition) is 6. The van der Waals surface area contributed by atoms with E-state index in [1.165, 1.54) is 7.11 Å². The summed E-state index contributed by atoms with van der Waals surface area (Å²) in [7, 11) is 6.35. The van der Waals surface area contributed by atoms with Crippen molar-refractivity contribution in [1.82, 2.24) is 4.90 Å². The quantitative estimate of drug-likeness (QED) is 0.718. The highest BCUT2D eigenvalue weighted by atomic mass is 16.5. The van der Waals surface area contributed by atoms with Gasteiger partial charge in [0.2, 0.25) is 5.91 Å². The number of nitrogens with zero attached hydrogens (tertiary/aromatic N) is 1. The molecule has 7 nitrogen and oxygen atoms in total. The first-order valence-electron chi connectivity index (χ1n) is 8.35. The first-order valence-corrected chi connectivity index (χ1v) is 8.35. The van der Waals surface area contributed by atoms with Gasteiger partial charge < -0.3 is 19.5 Å². The fourth-order valence-electron chi connectivity index (χ4n) is 2.68. The van der Waals surface area contributed by atoms with Gasteiger partial charge in [-0.05, 0) is 37.4 Å². The average molecular weight is 372 g/mol. The van der Waals surface area contributed by atoms with Crippen LogP contribution in [0.25, 0.3) is 0 Å². The van der Waals surface area contributed by atoms with Crippen LogP contribution in [0.3, 0.4) is 0 Å². The zero-order valence-electron chi connectivity index (χ0n) is 15.9. The molecular formula is C20H24N2O5. The molecule has 0 fully saturated rings. The minimum atomic E-state index is -0.417. The van der Waals surface area contributed by atoms with Gasteiger partial charge in [-0.1, -0.05) is 12.1 Å². The van der Waals surface area contributed by atoms with E-state index in [1.807, 2.05) is 30.1 Å². The molecule has 2 rings (SSSR count). The van der Waals surface area contributed by atoms with Gasteiger partial charge in [0.1, 0.15) is 0 Å². The number of benzene rings is 2. The normalized spacial score (nSPS) is 10.4. The van der Waals surface area contributed by atoms with Crippen LogP contribution in [0, 0.1) is 0 Å². The van der Waals surface area contributed by atoms with Crippen molar-refractivity contribution in [2.45, 2.75) is 6.54 Å². The lowest BCUT2D eigenvalue weighted by Crippen LogP contribution is -2.30. The molecule has 0 aliphatic rings. The average Bonchev–Trinajstić information content (AvgIpc) is 2.67. The molecule has 0 heterocycles. The van der Waals surface area contributed by atoms with E-state index >= 15 is 0 Å². The summed E-state index contributed by atoms with van der Waals surface area (Å²) in [6.45, 7) is 0.716. The maximum absolute atomic E-state index is 12.3. The summed E-state index contributed by atoms with van der Waals surface area (Å²) in [6, 6.07) is 12.2. The molecule has 1 amide bonds. The number of anilines is 1. The Morgan fingerprint density at radius 1 is 1.00 bits per heavy atom. The van der Waals surface area contributed by atoms with Crippen molar-refractivity contribution in [3.63, 3.8) is 0 Å². The van der Waals surface area contributed by atoms with Gasteiger partial charge in [-0.3, -0.25) is 9.69 Å². The molecule has 0 atom stereocenters. The lowest BCUT2D eigenvalue weighted by molar-refractivity contribution is -0.117. The van der Waals surface area contributed by atoms with Crippen molar-refractivity contribution >= 4 is 17.6 Å². The monoisotopic (exact) mass is 372 g/mol. The van der Waals surface area contributed by atoms with Crippen molar-refractivity contribution in [1.29, 1.82) is 0 Å². The second kappa shape index (κ2) is 9.59. The first-order chi connectivity index (χ1) is 13.0. The van der Waals surface area contributed by atoms with E-state index in [0.717, 1.165) is 5.56 Å². The molecule has 2 aromatic rings. The largest absolute Gasteiger partial charge is 0.493 e. The highest BCUT2D eigenvalue weighted by Crippen LogP contribution is 2.31. The number of hydrogen-bond donors (Lipinski definition) is 1. The number of likely N-dealkylation sites (N-methyl/N-ethyl adjacent to an activating group) is 1. The molecule has 0 aliphatic heterocycles. The fourth-order valence-corrected chi connectivity index (χ4v) is 2.68. The van der Waals surface area contributed by atoms with Crippen molar-refractivity contribution in [2.24, 2.45) is 0 Å². The van der Waals surface area contributed by atoms with Crippen LogP contribution in [-0.4, -0.2) is 51.7 Å². The van der Waals surface area contributed by atoms with Crippen molar-refractivity contribution in [3.05, 3.63) is 53.6 Å². The van der Waals surface area contributed by atoms with E-state index in [9.17, 15) is 9.59 Å². The van der Waals surface area contributed by atoms with Crippen LogP contribution in [0.1, 0.15) is 15.9 Å². The summed E-state index contributed by atoms with van der Waals surface area (Å²) >= 11 is 0. The van der Waals surface area contributed by atoms with E-state index in [4.69, 9.17) is 9.47 Å². The van der Waals surface area contributed by atoms with Gasteiger partial charge in [0.05, 0.1) is 33.4 Å². The second-order valence-corrected chi connectivity index (χ2v) is 5.94. The summed E-state index contributed by atoms with van der Waals surface area (Å²) in [5.41, 5.74) is 1.97. The van der Waals surface area contributed by atoms with Gasteiger partial charge in [0, 0.05) is 17.8 Å². The van der Waals surface area contributed by atoms with Gasteiger partial charge in [0.25, 0.3) is 0 Å². The van der Waals surface area contributed by atoms with Gasteiger partial charge in [-0.25, -0.2) is 4.79 Å². The zero-order valence-corrected chi connectivity index (χ0v) is 15.9. The third-order valence-corrected chi connectivity index (χ3v) is 3.93. The van der Waals surface area contributed by atoms with Crippen molar-refractivity contribution in [3.8, 4) is 11.5 Å². The van der Waals surface area contributed by atoms with Crippen LogP contribution in [0.5, 0.6) is 11.5 Å². The molecule has 27 heavy (non-hydrogen) atoms. The summed E-state index contributed by atoms with van der Waals surface area (Å²) < 4.78 is 15.4. The number of methoxy groups -OCH3 is 3. The standard InChI is InChI=1S/C20H24N2O5/c1-22(12-15-6-5-7-17(25-2)19(15)26-3)13-18(23)21-16-10-8-14(9-11-16)20(24)27-4/h5-11H,12-13H2,1-4H3,(H,21,23). The van der Waals surface area contributed by atoms with Crippen LogP contribution in [-0.2, 0) is 16.1 Å². The fraction of sp³-hybridized carbons (Fsp3) is 0.300. The predicted molar refractivity (Wildman–Crippen MR) is 102 cm³/mol. The number of nitrogens with one attached hydrogen (secondary N) is 1. The lowest BCUT2D eigenvalue weighted by Gasteiger charge is -2.19. The Hall–Kier alpha value is -3.06. The minimum Gasteiger partial charge on any atom is -0.493 e. The van der Waals surface area contributed by atoms with Gasteiger partial charge in [0.15, 0.2) is 11.5 Å². The van der Waals surface area contributed by atoms with E-state index in [0.29, 0.717) is 29.3 Å². The van der Waals surface area contributed by atoms with Crippen LogP contribution in [0.15, 0.2) is 42.5 Å². The Balaban J connectivity index is 1.95. The SMILES string of the molecule is COC(=O)c1ccc(NC(=O)CN(C)Cc2cccc(OC)c2OC)cc1. The summed E-state index contributed by atoms with van der Waals surface area (Å²) in [4.78, 5) is 25.6. The molecule has 0 aromatic heterocycles. The number of esters is 1. The number of carbonyl (C=O) groups is 2. The molecule has 0 unspecified atom stereocenters. The predicted octanol–water partition coefficient (Wildman–Crippen LogP) is 2.56. The maximum Gasteiger partial charge on any atom is 0.337 e. The van der Waals surface area contributed by atoms with Crippen molar-refractivity contribution < 1.29 is 23.8 Å². The first kappa shape index (κ1) is 20.3. The summed E-state index contributed by atoms with van der Waals surface area (Å²) in [6.07, 6.45) is 0. The highest BCUT2D eigenvalue weighted by molar-refractivity contribution is 5.93. The maximum atomic E-state index is 12.3. The molecule has 1 N–H and O–H groups in total.